The number of nitriles is 1. The summed E-state index contributed by atoms with van der Waals surface area (Å²) in [7, 11) is 0. The second-order valence-electron chi connectivity index (χ2n) is 4.20. The third kappa shape index (κ3) is 2.16. The Balaban J connectivity index is 2.41. The lowest BCUT2D eigenvalue weighted by Gasteiger charge is -2.07. The normalized spacial score (nSPS) is 10.7. The number of rotatable bonds is 1. The monoisotopic (exact) mass is 363 g/mol. The zero-order valence-electron chi connectivity index (χ0n) is 10.0. The molecule has 0 fully saturated rings. The van der Waals surface area contributed by atoms with Crippen LogP contribution in [0.15, 0.2) is 40.9 Å². The van der Waals surface area contributed by atoms with E-state index < -0.39 is 0 Å². The molecule has 6 heteroatoms. The van der Waals surface area contributed by atoms with E-state index in [0.717, 1.165) is 21.2 Å². The minimum atomic E-state index is 0.529. The number of benzene rings is 2. The molecule has 1 N–H and O–H groups in total. The van der Waals surface area contributed by atoms with Crippen LogP contribution in [-0.2, 0) is 0 Å². The molecule has 1 aromatic heterocycles. The Morgan fingerprint density at radius 2 is 2.05 bits per heavy atom. The molecule has 98 valence electrons. The van der Waals surface area contributed by atoms with Gasteiger partial charge in [0.25, 0.3) is 0 Å². The van der Waals surface area contributed by atoms with Crippen LogP contribution in [0.4, 0.5) is 0 Å². The van der Waals surface area contributed by atoms with Gasteiger partial charge in [0.05, 0.1) is 22.3 Å². The van der Waals surface area contributed by atoms with Gasteiger partial charge in [-0.1, -0.05) is 27.5 Å². The van der Waals surface area contributed by atoms with Gasteiger partial charge >= 0.3 is 0 Å². The fraction of sp³-hybridized carbons (Fsp3) is 0. The van der Waals surface area contributed by atoms with Crippen LogP contribution in [0, 0.1) is 16.1 Å². The minimum absolute atomic E-state index is 0.529. The lowest BCUT2D eigenvalue weighted by atomic mass is 10.2. The molecule has 0 saturated carbocycles. The SMILES string of the molecule is N#Cc1cc(Br)ccc1-n1c(=S)[nH]c2ccc(Cl)cc21. The van der Waals surface area contributed by atoms with Crippen LogP contribution in [0.3, 0.4) is 0 Å². The fourth-order valence-electron chi connectivity index (χ4n) is 2.11. The van der Waals surface area contributed by atoms with E-state index in [9.17, 15) is 5.26 Å². The smallest absolute Gasteiger partial charge is 0.182 e. The Morgan fingerprint density at radius 3 is 2.80 bits per heavy atom. The second-order valence-corrected chi connectivity index (χ2v) is 5.94. The highest BCUT2D eigenvalue weighted by Crippen LogP contribution is 2.26. The number of aromatic nitrogens is 2. The summed E-state index contributed by atoms with van der Waals surface area (Å²) in [6.07, 6.45) is 0. The average molecular weight is 365 g/mol. The maximum atomic E-state index is 9.30. The molecule has 2 aromatic carbocycles. The molecule has 1 heterocycles. The predicted molar refractivity (Wildman–Crippen MR) is 85.9 cm³/mol. The van der Waals surface area contributed by atoms with E-state index in [-0.39, 0.29) is 0 Å². The lowest BCUT2D eigenvalue weighted by Crippen LogP contribution is -1.97. The third-order valence-electron chi connectivity index (χ3n) is 2.97. The van der Waals surface area contributed by atoms with E-state index in [1.54, 1.807) is 12.1 Å². The number of hydrogen-bond acceptors (Lipinski definition) is 2. The number of nitrogens with zero attached hydrogens (tertiary/aromatic N) is 2. The Bertz CT molecular complexity index is 920. The van der Waals surface area contributed by atoms with E-state index in [2.05, 4.69) is 27.0 Å². The summed E-state index contributed by atoms with van der Waals surface area (Å²) in [4.78, 5) is 3.12. The van der Waals surface area contributed by atoms with Crippen molar-refractivity contribution in [3.05, 3.63) is 56.2 Å². The van der Waals surface area contributed by atoms with Gasteiger partial charge in [-0.25, -0.2) is 0 Å². The first kappa shape index (κ1) is 13.4. The number of imidazole rings is 1. The molecular weight excluding hydrogens is 358 g/mol. The molecule has 0 amide bonds. The number of halogens is 2. The Morgan fingerprint density at radius 1 is 1.25 bits per heavy atom. The molecule has 0 aliphatic carbocycles. The van der Waals surface area contributed by atoms with Crippen molar-refractivity contribution >= 4 is 50.8 Å². The number of H-pyrrole nitrogens is 1. The first-order valence-electron chi connectivity index (χ1n) is 5.70. The molecule has 0 aliphatic heterocycles. The zero-order valence-corrected chi connectivity index (χ0v) is 13.2. The summed E-state index contributed by atoms with van der Waals surface area (Å²) < 4.78 is 3.20. The minimum Gasteiger partial charge on any atom is -0.330 e. The molecule has 3 rings (SSSR count). The lowest BCUT2D eigenvalue weighted by molar-refractivity contribution is 1.06. The van der Waals surface area contributed by atoms with Gasteiger partial charge in [-0.3, -0.25) is 4.57 Å². The highest BCUT2D eigenvalue weighted by molar-refractivity contribution is 9.10. The number of hydrogen-bond donors (Lipinski definition) is 1. The number of fused-ring (bicyclic) bond motifs is 1. The Hall–Kier alpha value is -1.61. The Kier molecular flexibility index (Phi) is 3.38. The first-order valence-corrected chi connectivity index (χ1v) is 7.28. The van der Waals surface area contributed by atoms with E-state index in [1.165, 1.54) is 0 Å². The van der Waals surface area contributed by atoms with Crippen molar-refractivity contribution in [2.75, 3.05) is 0 Å². The molecule has 0 spiro atoms. The van der Waals surface area contributed by atoms with Gasteiger partial charge in [-0.2, -0.15) is 5.26 Å². The Labute approximate surface area is 133 Å². The van der Waals surface area contributed by atoms with Crippen LogP contribution >= 0.6 is 39.7 Å². The van der Waals surface area contributed by atoms with Gasteiger partial charge in [0.15, 0.2) is 4.77 Å². The van der Waals surface area contributed by atoms with Crippen molar-refractivity contribution in [3.63, 3.8) is 0 Å². The second kappa shape index (κ2) is 5.06. The van der Waals surface area contributed by atoms with Crippen LogP contribution in [0.25, 0.3) is 16.7 Å². The van der Waals surface area contributed by atoms with Crippen LogP contribution in [0.5, 0.6) is 0 Å². The summed E-state index contributed by atoms with van der Waals surface area (Å²) >= 11 is 14.8. The molecule has 0 radical (unpaired) electrons. The quantitative estimate of drug-likeness (QED) is 0.619. The highest BCUT2D eigenvalue weighted by atomic mass is 79.9. The number of aromatic amines is 1. The van der Waals surface area contributed by atoms with Gasteiger partial charge in [0, 0.05) is 9.50 Å². The summed E-state index contributed by atoms with van der Waals surface area (Å²) in [6.45, 7) is 0. The van der Waals surface area contributed by atoms with Crippen molar-refractivity contribution in [3.8, 4) is 11.8 Å². The van der Waals surface area contributed by atoms with Crippen molar-refractivity contribution in [1.82, 2.24) is 9.55 Å². The third-order valence-corrected chi connectivity index (χ3v) is 3.98. The number of nitrogens with one attached hydrogen (secondary N) is 1. The molecule has 0 atom stereocenters. The molecule has 0 aliphatic rings. The zero-order chi connectivity index (χ0) is 14.3. The molecule has 20 heavy (non-hydrogen) atoms. The molecule has 0 bridgehead atoms. The molecule has 0 saturated heterocycles. The largest absolute Gasteiger partial charge is 0.330 e. The van der Waals surface area contributed by atoms with Gasteiger partial charge in [-0.05, 0) is 48.6 Å². The van der Waals surface area contributed by atoms with Gasteiger partial charge in [-0.15, -0.1) is 0 Å². The molecular formula is C14H7BrClN3S. The molecule has 3 nitrogen and oxygen atoms in total. The van der Waals surface area contributed by atoms with Crippen molar-refractivity contribution in [1.29, 1.82) is 5.26 Å². The van der Waals surface area contributed by atoms with Gasteiger partial charge in [0.2, 0.25) is 0 Å². The van der Waals surface area contributed by atoms with E-state index in [4.69, 9.17) is 23.8 Å². The van der Waals surface area contributed by atoms with Crippen LogP contribution in [0.2, 0.25) is 5.02 Å². The summed E-state index contributed by atoms with van der Waals surface area (Å²) in [5.41, 5.74) is 3.00. The van der Waals surface area contributed by atoms with E-state index >= 15 is 0 Å². The highest BCUT2D eigenvalue weighted by Gasteiger charge is 2.11. The van der Waals surface area contributed by atoms with E-state index in [0.29, 0.717) is 15.4 Å². The van der Waals surface area contributed by atoms with Crippen LogP contribution in [-0.4, -0.2) is 9.55 Å². The van der Waals surface area contributed by atoms with Gasteiger partial charge < -0.3 is 4.98 Å². The fourth-order valence-corrected chi connectivity index (χ4v) is 2.94. The van der Waals surface area contributed by atoms with Crippen molar-refractivity contribution in [2.24, 2.45) is 0 Å². The standard InChI is InChI=1S/C14H7BrClN3S/c15-9-1-4-12(8(5-9)7-17)19-13-6-10(16)2-3-11(13)18-14(19)20/h1-6H,(H,18,20). The first-order chi connectivity index (χ1) is 9.60. The van der Waals surface area contributed by atoms with E-state index in [1.807, 2.05) is 28.8 Å². The average Bonchev–Trinajstić information content (AvgIpc) is 2.74. The topological polar surface area (TPSA) is 44.5 Å². The van der Waals surface area contributed by atoms with Crippen LogP contribution < -0.4 is 0 Å². The van der Waals surface area contributed by atoms with Crippen molar-refractivity contribution in [2.45, 2.75) is 0 Å². The summed E-state index contributed by atoms with van der Waals surface area (Å²) in [5.74, 6) is 0. The maximum Gasteiger partial charge on any atom is 0.182 e. The molecule has 0 unspecified atom stereocenters. The molecule has 3 aromatic rings. The summed E-state index contributed by atoms with van der Waals surface area (Å²) in [5, 5.41) is 9.93. The summed E-state index contributed by atoms with van der Waals surface area (Å²) in [6, 6.07) is 13.2. The van der Waals surface area contributed by atoms with Gasteiger partial charge in [0.1, 0.15) is 6.07 Å². The maximum absolute atomic E-state index is 9.30. The predicted octanol–water partition coefficient (Wildman–Crippen LogP) is 4.98. The van der Waals surface area contributed by atoms with Crippen molar-refractivity contribution < 1.29 is 0 Å². The van der Waals surface area contributed by atoms with Crippen LogP contribution in [0.1, 0.15) is 5.56 Å².